The van der Waals surface area contributed by atoms with Crippen LogP contribution >= 0.6 is 0 Å². The van der Waals surface area contributed by atoms with E-state index in [1.165, 1.54) is 4.31 Å². The number of hydrogen-bond acceptors (Lipinski definition) is 3. The van der Waals surface area contributed by atoms with Crippen LogP contribution in [0.2, 0.25) is 0 Å². The first kappa shape index (κ1) is 14.0. The fraction of sp³-hybridized carbons (Fsp3) is 0.462. The van der Waals surface area contributed by atoms with Gasteiger partial charge in [-0.15, -0.1) is 0 Å². The van der Waals surface area contributed by atoms with Gasteiger partial charge in [-0.25, -0.2) is 8.42 Å². The molecule has 0 radical (unpaired) electrons. The van der Waals surface area contributed by atoms with Crippen molar-refractivity contribution in [2.24, 2.45) is 5.92 Å². The Morgan fingerprint density at radius 3 is 2.47 bits per heavy atom. The van der Waals surface area contributed by atoms with Crippen LogP contribution < -0.4 is 0 Å². The average molecular weight is 283 g/mol. The van der Waals surface area contributed by atoms with Crippen molar-refractivity contribution in [1.82, 2.24) is 4.31 Å². The first-order valence-corrected chi connectivity index (χ1v) is 7.54. The van der Waals surface area contributed by atoms with Gasteiger partial charge in [0.05, 0.1) is 11.3 Å². The maximum atomic E-state index is 12.3. The molecule has 1 fully saturated rings. The Balaban J connectivity index is 2.12. The van der Waals surface area contributed by atoms with Crippen LogP contribution in [0.15, 0.2) is 23.1 Å². The number of sulfonamides is 1. The highest BCUT2D eigenvalue weighted by atomic mass is 32.2. The second-order valence-electron chi connectivity index (χ2n) is 5.03. The average Bonchev–Trinajstić information content (AvgIpc) is 2.26. The molecule has 0 bridgehead atoms. The van der Waals surface area contributed by atoms with Gasteiger partial charge in [0.2, 0.25) is 10.0 Å². The van der Waals surface area contributed by atoms with E-state index in [-0.39, 0.29) is 17.2 Å². The minimum Gasteiger partial charge on any atom is -0.481 e. The zero-order valence-corrected chi connectivity index (χ0v) is 11.8. The van der Waals surface area contributed by atoms with E-state index in [4.69, 9.17) is 5.11 Å². The first-order chi connectivity index (χ1) is 8.80. The van der Waals surface area contributed by atoms with Crippen molar-refractivity contribution < 1.29 is 18.3 Å². The SMILES string of the molecule is Cc1ccc(S(=O)(=O)N2CC(CC(=O)O)C2)cc1C. The minimum absolute atomic E-state index is 0.0267. The molecule has 1 aliphatic heterocycles. The first-order valence-electron chi connectivity index (χ1n) is 6.10. The third-order valence-electron chi connectivity index (χ3n) is 3.50. The molecule has 0 aromatic heterocycles. The van der Waals surface area contributed by atoms with Crippen LogP contribution in [0.5, 0.6) is 0 Å². The molecule has 0 aliphatic carbocycles. The van der Waals surface area contributed by atoms with Crippen LogP contribution in [0.4, 0.5) is 0 Å². The molecule has 0 spiro atoms. The summed E-state index contributed by atoms with van der Waals surface area (Å²) in [6, 6.07) is 5.05. The molecule has 1 heterocycles. The van der Waals surface area contributed by atoms with Gasteiger partial charge in [-0.1, -0.05) is 6.07 Å². The molecule has 1 aromatic rings. The monoisotopic (exact) mass is 283 g/mol. The van der Waals surface area contributed by atoms with Crippen LogP contribution in [0.3, 0.4) is 0 Å². The smallest absolute Gasteiger partial charge is 0.303 e. The molecule has 1 saturated heterocycles. The lowest BCUT2D eigenvalue weighted by molar-refractivity contribution is -0.139. The topological polar surface area (TPSA) is 74.7 Å². The van der Waals surface area contributed by atoms with Crippen molar-refractivity contribution >= 4 is 16.0 Å². The van der Waals surface area contributed by atoms with E-state index in [0.717, 1.165) is 11.1 Å². The van der Waals surface area contributed by atoms with Gasteiger partial charge in [0.15, 0.2) is 0 Å². The molecule has 6 heteroatoms. The standard InChI is InChI=1S/C13H17NO4S/c1-9-3-4-12(5-10(9)2)19(17,18)14-7-11(8-14)6-13(15)16/h3-5,11H,6-8H2,1-2H3,(H,15,16). The summed E-state index contributed by atoms with van der Waals surface area (Å²) in [6.07, 6.45) is 0.0267. The van der Waals surface area contributed by atoms with Crippen LogP contribution in [-0.2, 0) is 14.8 Å². The lowest BCUT2D eigenvalue weighted by atomic mass is 10.00. The van der Waals surface area contributed by atoms with Crippen molar-refractivity contribution in [2.75, 3.05) is 13.1 Å². The Morgan fingerprint density at radius 2 is 1.95 bits per heavy atom. The summed E-state index contributed by atoms with van der Waals surface area (Å²) in [6.45, 7) is 4.39. The summed E-state index contributed by atoms with van der Waals surface area (Å²) < 4.78 is 25.9. The highest BCUT2D eigenvalue weighted by Crippen LogP contribution is 2.27. The second-order valence-corrected chi connectivity index (χ2v) is 6.97. The summed E-state index contributed by atoms with van der Waals surface area (Å²) in [5, 5.41) is 8.65. The molecule has 5 nitrogen and oxygen atoms in total. The maximum absolute atomic E-state index is 12.3. The summed E-state index contributed by atoms with van der Waals surface area (Å²) in [7, 11) is -3.47. The molecule has 104 valence electrons. The summed E-state index contributed by atoms with van der Waals surface area (Å²) in [5.74, 6) is -0.952. The van der Waals surface area contributed by atoms with E-state index < -0.39 is 16.0 Å². The molecule has 2 rings (SSSR count). The van der Waals surface area contributed by atoms with Gasteiger partial charge in [-0.3, -0.25) is 4.79 Å². The quantitative estimate of drug-likeness (QED) is 0.906. The van der Waals surface area contributed by atoms with E-state index in [1.807, 2.05) is 13.8 Å². The third kappa shape index (κ3) is 2.79. The highest BCUT2D eigenvalue weighted by molar-refractivity contribution is 7.89. The maximum Gasteiger partial charge on any atom is 0.303 e. The van der Waals surface area contributed by atoms with Gasteiger partial charge in [0.25, 0.3) is 0 Å². The fourth-order valence-corrected chi connectivity index (χ4v) is 3.80. The molecule has 0 unspecified atom stereocenters. The number of carboxylic acids is 1. The number of aliphatic carboxylic acids is 1. The van der Waals surface area contributed by atoms with Gasteiger partial charge in [-0.2, -0.15) is 4.31 Å². The van der Waals surface area contributed by atoms with Gasteiger partial charge in [0, 0.05) is 13.1 Å². The molecule has 1 aliphatic rings. The van der Waals surface area contributed by atoms with Crippen LogP contribution in [0, 0.1) is 19.8 Å². The number of hydrogen-bond donors (Lipinski definition) is 1. The Hall–Kier alpha value is -1.40. The Morgan fingerprint density at radius 1 is 1.32 bits per heavy atom. The van der Waals surface area contributed by atoms with E-state index in [0.29, 0.717) is 13.1 Å². The number of benzene rings is 1. The normalized spacial score (nSPS) is 17.2. The number of carbonyl (C=O) groups is 1. The van der Waals surface area contributed by atoms with Crippen molar-refractivity contribution in [2.45, 2.75) is 25.2 Å². The van der Waals surface area contributed by atoms with Crippen LogP contribution in [0.1, 0.15) is 17.5 Å². The summed E-state index contributed by atoms with van der Waals surface area (Å²) in [4.78, 5) is 10.8. The lowest BCUT2D eigenvalue weighted by Crippen LogP contribution is -2.50. The van der Waals surface area contributed by atoms with Gasteiger partial charge in [0.1, 0.15) is 0 Å². The van der Waals surface area contributed by atoms with Crippen LogP contribution in [0.25, 0.3) is 0 Å². The predicted octanol–water partition coefficient (Wildman–Crippen LogP) is 1.40. The van der Waals surface area contributed by atoms with Crippen LogP contribution in [-0.4, -0.2) is 36.9 Å². The minimum atomic E-state index is -3.47. The van der Waals surface area contributed by atoms with Crippen molar-refractivity contribution in [1.29, 1.82) is 0 Å². The number of aryl methyl sites for hydroxylation is 2. The lowest BCUT2D eigenvalue weighted by Gasteiger charge is -2.37. The van der Waals surface area contributed by atoms with E-state index in [1.54, 1.807) is 18.2 Å². The van der Waals surface area contributed by atoms with Crippen molar-refractivity contribution in [3.05, 3.63) is 29.3 Å². The molecule has 1 aromatic carbocycles. The van der Waals surface area contributed by atoms with E-state index >= 15 is 0 Å². The number of carboxylic acid groups (broad SMARTS) is 1. The second kappa shape index (κ2) is 4.94. The number of rotatable bonds is 4. The van der Waals surface area contributed by atoms with E-state index in [9.17, 15) is 13.2 Å². The van der Waals surface area contributed by atoms with Gasteiger partial charge < -0.3 is 5.11 Å². The van der Waals surface area contributed by atoms with Crippen molar-refractivity contribution in [3.8, 4) is 0 Å². The highest BCUT2D eigenvalue weighted by Gasteiger charge is 2.37. The fourth-order valence-electron chi connectivity index (χ4n) is 2.12. The zero-order valence-electron chi connectivity index (χ0n) is 11.0. The largest absolute Gasteiger partial charge is 0.481 e. The summed E-state index contributed by atoms with van der Waals surface area (Å²) in [5.41, 5.74) is 1.98. The molecule has 0 saturated carbocycles. The molecule has 19 heavy (non-hydrogen) atoms. The van der Waals surface area contributed by atoms with Gasteiger partial charge >= 0.3 is 5.97 Å². The molecule has 1 N–H and O–H groups in total. The third-order valence-corrected chi connectivity index (χ3v) is 5.33. The molecule has 0 atom stereocenters. The zero-order chi connectivity index (χ0) is 14.2. The van der Waals surface area contributed by atoms with E-state index in [2.05, 4.69) is 0 Å². The Kier molecular flexibility index (Phi) is 3.64. The molecular formula is C13H17NO4S. The molecule has 0 amide bonds. The van der Waals surface area contributed by atoms with Crippen molar-refractivity contribution in [3.63, 3.8) is 0 Å². The number of nitrogens with zero attached hydrogens (tertiary/aromatic N) is 1. The Labute approximate surface area is 112 Å². The summed E-state index contributed by atoms with van der Waals surface area (Å²) >= 11 is 0. The predicted molar refractivity (Wildman–Crippen MR) is 70.4 cm³/mol. The molecular weight excluding hydrogens is 266 g/mol. The van der Waals surface area contributed by atoms with Gasteiger partial charge in [-0.05, 0) is 43.0 Å². The Bertz CT molecular complexity index is 603.